The number of nitrogens with one attached hydrogen (secondary N) is 1. The van der Waals surface area contributed by atoms with Crippen LogP contribution in [-0.4, -0.2) is 5.96 Å². The van der Waals surface area contributed by atoms with Gasteiger partial charge in [-0.05, 0) is 48.2 Å². The molecule has 0 unspecified atom stereocenters. The van der Waals surface area contributed by atoms with Crippen LogP contribution in [0.4, 0.5) is 11.4 Å². The molecule has 0 aliphatic carbocycles. The summed E-state index contributed by atoms with van der Waals surface area (Å²) < 4.78 is 0. The van der Waals surface area contributed by atoms with Crippen LogP contribution in [0.2, 0.25) is 5.02 Å². The van der Waals surface area contributed by atoms with Gasteiger partial charge in [0.25, 0.3) is 0 Å². The lowest BCUT2D eigenvalue weighted by atomic mass is 10.1. The van der Waals surface area contributed by atoms with Gasteiger partial charge in [0.05, 0.1) is 10.7 Å². The van der Waals surface area contributed by atoms with Crippen molar-refractivity contribution in [3.8, 4) is 0 Å². The van der Waals surface area contributed by atoms with Crippen LogP contribution >= 0.6 is 11.6 Å². The van der Waals surface area contributed by atoms with E-state index >= 15 is 0 Å². The third-order valence-electron chi connectivity index (χ3n) is 3.27. The lowest BCUT2D eigenvalue weighted by Crippen LogP contribution is -2.22. The number of hydrogen-bond acceptors (Lipinski definition) is 1. The number of nitrogens with two attached hydrogens (primary N) is 1. The molecule has 0 saturated heterocycles. The molecule has 0 heterocycles. The minimum Gasteiger partial charge on any atom is -0.369 e. The van der Waals surface area contributed by atoms with Crippen molar-refractivity contribution in [1.82, 2.24) is 0 Å². The van der Waals surface area contributed by atoms with Crippen molar-refractivity contribution in [1.29, 1.82) is 0 Å². The summed E-state index contributed by atoms with van der Waals surface area (Å²) in [5.74, 6) is 0.332. The maximum atomic E-state index is 6.16. The number of rotatable bonds is 4. The van der Waals surface area contributed by atoms with E-state index in [2.05, 4.69) is 36.3 Å². The summed E-state index contributed by atoms with van der Waals surface area (Å²) in [5.41, 5.74) is 10.0. The second-order valence-electron chi connectivity index (χ2n) is 4.82. The smallest absolute Gasteiger partial charge is 0.198 e. The van der Waals surface area contributed by atoms with Gasteiger partial charge in [-0.2, -0.15) is 0 Å². The first-order valence-electron chi connectivity index (χ1n) is 7.11. The van der Waals surface area contributed by atoms with Gasteiger partial charge in [0.1, 0.15) is 0 Å². The first-order valence-corrected chi connectivity index (χ1v) is 7.48. The van der Waals surface area contributed by atoms with Crippen molar-refractivity contribution in [2.24, 2.45) is 10.7 Å². The van der Waals surface area contributed by atoms with Gasteiger partial charge in [0.2, 0.25) is 0 Å². The van der Waals surface area contributed by atoms with Crippen molar-refractivity contribution in [3.63, 3.8) is 0 Å². The van der Waals surface area contributed by atoms with Gasteiger partial charge in [-0.3, -0.25) is 0 Å². The van der Waals surface area contributed by atoms with E-state index in [1.54, 1.807) is 0 Å². The normalized spacial score (nSPS) is 11.5. The van der Waals surface area contributed by atoms with E-state index in [9.17, 15) is 0 Å². The van der Waals surface area contributed by atoms with E-state index in [1.165, 1.54) is 11.1 Å². The lowest BCUT2D eigenvalue weighted by molar-refractivity contribution is 1.14. The minimum atomic E-state index is 0.332. The highest BCUT2D eigenvalue weighted by molar-refractivity contribution is 6.33. The molecule has 0 radical (unpaired) electrons. The summed E-state index contributed by atoms with van der Waals surface area (Å²) in [7, 11) is 0. The van der Waals surface area contributed by atoms with Crippen LogP contribution in [0.1, 0.15) is 25.0 Å². The summed E-state index contributed by atoms with van der Waals surface area (Å²) in [6, 6.07) is 13.9. The second-order valence-corrected chi connectivity index (χ2v) is 5.22. The molecule has 2 aromatic rings. The predicted molar refractivity (Wildman–Crippen MR) is 91.6 cm³/mol. The molecule has 2 rings (SSSR count). The minimum absolute atomic E-state index is 0.332. The number of anilines is 1. The molecule has 2 aromatic carbocycles. The zero-order valence-corrected chi connectivity index (χ0v) is 13.1. The molecule has 0 bridgehead atoms. The summed E-state index contributed by atoms with van der Waals surface area (Å²) >= 11 is 6.16. The highest BCUT2D eigenvalue weighted by Gasteiger charge is 2.02. The van der Waals surface area contributed by atoms with Crippen molar-refractivity contribution in [3.05, 3.63) is 58.6 Å². The average molecular weight is 302 g/mol. The van der Waals surface area contributed by atoms with Gasteiger partial charge in [-0.25, -0.2) is 4.99 Å². The Morgan fingerprint density at radius 1 is 1.10 bits per heavy atom. The molecule has 0 aliphatic rings. The molecule has 110 valence electrons. The van der Waals surface area contributed by atoms with Crippen molar-refractivity contribution in [2.75, 3.05) is 5.32 Å². The van der Waals surface area contributed by atoms with Crippen LogP contribution in [0.5, 0.6) is 0 Å². The van der Waals surface area contributed by atoms with Crippen LogP contribution in [0.15, 0.2) is 47.5 Å². The molecule has 21 heavy (non-hydrogen) atoms. The Hall–Kier alpha value is -2.00. The van der Waals surface area contributed by atoms with E-state index in [-0.39, 0.29) is 0 Å². The molecule has 0 amide bonds. The Labute approximate surface area is 130 Å². The number of halogens is 1. The predicted octanol–water partition coefficient (Wildman–Crippen LogP) is 4.52. The Morgan fingerprint density at radius 2 is 1.81 bits per heavy atom. The van der Waals surface area contributed by atoms with Gasteiger partial charge in [0, 0.05) is 5.69 Å². The molecule has 4 heteroatoms. The van der Waals surface area contributed by atoms with E-state index < -0.39 is 0 Å². The topological polar surface area (TPSA) is 50.4 Å². The molecule has 0 aliphatic heterocycles. The number of nitrogens with zero attached hydrogens (tertiary/aromatic N) is 1. The fraction of sp³-hybridized carbons (Fsp3) is 0.235. The summed E-state index contributed by atoms with van der Waals surface area (Å²) in [6.07, 6.45) is 1.92. The zero-order chi connectivity index (χ0) is 15.2. The SMILES string of the molecule is CCc1cccc(NC(N)=Nc2cc(CC)ccc2Cl)c1. The van der Waals surface area contributed by atoms with Crippen LogP contribution in [0, 0.1) is 0 Å². The number of benzene rings is 2. The van der Waals surface area contributed by atoms with Crippen LogP contribution in [-0.2, 0) is 12.8 Å². The second kappa shape index (κ2) is 7.14. The number of hydrogen-bond donors (Lipinski definition) is 2. The maximum Gasteiger partial charge on any atom is 0.198 e. The Balaban J connectivity index is 2.20. The van der Waals surface area contributed by atoms with Gasteiger partial charge in [-0.1, -0.05) is 43.6 Å². The molecule has 3 nitrogen and oxygen atoms in total. The fourth-order valence-corrected chi connectivity index (χ4v) is 2.20. The van der Waals surface area contributed by atoms with Gasteiger partial charge < -0.3 is 11.1 Å². The molecule has 0 atom stereocenters. The van der Waals surface area contributed by atoms with Crippen molar-refractivity contribution < 1.29 is 0 Å². The number of guanidine groups is 1. The summed E-state index contributed by atoms with van der Waals surface area (Å²) in [5, 5.41) is 3.70. The third kappa shape index (κ3) is 4.23. The third-order valence-corrected chi connectivity index (χ3v) is 3.59. The largest absolute Gasteiger partial charge is 0.369 e. The lowest BCUT2D eigenvalue weighted by Gasteiger charge is -2.08. The number of aliphatic imine (C=N–C) groups is 1. The van der Waals surface area contributed by atoms with E-state index in [0.29, 0.717) is 16.7 Å². The molecular weight excluding hydrogens is 282 g/mol. The van der Waals surface area contributed by atoms with Gasteiger partial charge in [0.15, 0.2) is 5.96 Å². The highest BCUT2D eigenvalue weighted by Crippen LogP contribution is 2.26. The molecule has 3 N–H and O–H groups in total. The highest BCUT2D eigenvalue weighted by atomic mass is 35.5. The fourth-order valence-electron chi connectivity index (χ4n) is 2.04. The maximum absolute atomic E-state index is 6.16. The quantitative estimate of drug-likeness (QED) is 0.644. The van der Waals surface area contributed by atoms with Crippen LogP contribution in [0.3, 0.4) is 0 Å². The standard InChI is InChI=1S/C17H20ClN3/c1-3-12-6-5-7-14(10-12)20-17(19)21-16-11-13(4-2)8-9-15(16)18/h5-11H,3-4H2,1-2H3,(H3,19,20,21). The first kappa shape index (κ1) is 15.4. The molecule has 0 fully saturated rings. The molecule has 0 aromatic heterocycles. The van der Waals surface area contributed by atoms with Crippen LogP contribution in [0.25, 0.3) is 0 Å². The van der Waals surface area contributed by atoms with E-state index in [4.69, 9.17) is 17.3 Å². The van der Waals surface area contributed by atoms with E-state index in [1.807, 2.05) is 30.3 Å². The van der Waals surface area contributed by atoms with Gasteiger partial charge >= 0.3 is 0 Å². The Kier molecular flexibility index (Phi) is 5.23. The Morgan fingerprint density at radius 3 is 2.52 bits per heavy atom. The number of aryl methyl sites for hydroxylation is 2. The molecule has 0 saturated carbocycles. The summed E-state index contributed by atoms with van der Waals surface area (Å²) in [4.78, 5) is 4.37. The monoisotopic (exact) mass is 301 g/mol. The van der Waals surface area contributed by atoms with Crippen LogP contribution < -0.4 is 11.1 Å². The first-order chi connectivity index (χ1) is 10.1. The summed E-state index contributed by atoms with van der Waals surface area (Å²) in [6.45, 7) is 4.21. The van der Waals surface area contributed by atoms with Crippen molar-refractivity contribution >= 4 is 28.9 Å². The average Bonchev–Trinajstić information content (AvgIpc) is 2.49. The van der Waals surface area contributed by atoms with Gasteiger partial charge in [-0.15, -0.1) is 0 Å². The van der Waals surface area contributed by atoms with E-state index in [0.717, 1.165) is 18.5 Å². The molecular formula is C17H20ClN3. The zero-order valence-electron chi connectivity index (χ0n) is 12.4. The van der Waals surface area contributed by atoms with Crippen molar-refractivity contribution in [2.45, 2.75) is 26.7 Å². The molecule has 0 spiro atoms. The Bertz CT molecular complexity index is 650.